The van der Waals surface area contributed by atoms with Gasteiger partial charge in [0.2, 0.25) is 9.84 Å². The van der Waals surface area contributed by atoms with Gasteiger partial charge in [-0.05, 0) is 24.3 Å². The second-order valence-electron chi connectivity index (χ2n) is 5.78. The molecule has 1 aromatic heterocycles. The normalized spacial score (nSPS) is 15.8. The number of aromatic amines is 1. The molecule has 0 atom stereocenters. The molecule has 0 unspecified atom stereocenters. The summed E-state index contributed by atoms with van der Waals surface area (Å²) in [6.07, 6.45) is 0. The number of aromatic nitrogens is 2. The maximum absolute atomic E-state index is 12.9. The van der Waals surface area contributed by atoms with Gasteiger partial charge < -0.3 is 10.2 Å². The fourth-order valence-electron chi connectivity index (χ4n) is 3.09. The highest BCUT2D eigenvalue weighted by molar-refractivity contribution is 7.91. The third kappa shape index (κ3) is 2.46. The fourth-order valence-corrected chi connectivity index (χ4v) is 4.45. The van der Waals surface area contributed by atoms with Crippen molar-refractivity contribution < 1.29 is 8.42 Å². The average Bonchev–Trinajstić information content (AvgIpc) is 3.08. The SMILES string of the molecule is O=S(=O)(c1ccccc1)c1n[nH]c2c(N3CCNCC3)cccc12. The quantitative estimate of drug-likeness (QED) is 0.759. The highest BCUT2D eigenvalue weighted by atomic mass is 32.2. The van der Waals surface area contributed by atoms with Gasteiger partial charge in [0.15, 0.2) is 5.03 Å². The van der Waals surface area contributed by atoms with Gasteiger partial charge in [-0.1, -0.05) is 24.3 Å². The molecule has 3 aromatic rings. The first kappa shape index (κ1) is 15.2. The zero-order chi connectivity index (χ0) is 16.6. The minimum Gasteiger partial charge on any atom is -0.367 e. The van der Waals surface area contributed by atoms with Crippen LogP contribution in [-0.2, 0) is 9.84 Å². The van der Waals surface area contributed by atoms with E-state index in [4.69, 9.17) is 0 Å². The van der Waals surface area contributed by atoms with Gasteiger partial charge >= 0.3 is 0 Å². The molecule has 6 nitrogen and oxygen atoms in total. The van der Waals surface area contributed by atoms with Gasteiger partial charge in [0.1, 0.15) is 0 Å². The van der Waals surface area contributed by atoms with Crippen molar-refractivity contribution in [3.05, 3.63) is 48.5 Å². The Bertz CT molecular complexity index is 961. The standard InChI is InChI=1S/C17H18N4O2S/c22-24(23,13-5-2-1-3-6-13)17-14-7-4-8-15(16(14)19-20-17)21-11-9-18-10-12-21/h1-8,18H,9-12H2,(H,19,20). The van der Waals surface area contributed by atoms with Crippen molar-refractivity contribution in [2.45, 2.75) is 9.92 Å². The van der Waals surface area contributed by atoms with Crippen LogP contribution in [0.1, 0.15) is 0 Å². The number of fused-ring (bicyclic) bond motifs is 1. The maximum Gasteiger partial charge on any atom is 0.226 e. The molecule has 24 heavy (non-hydrogen) atoms. The monoisotopic (exact) mass is 342 g/mol. The lowest BCUT2D eigenvalue weighted by Gasteiger charge is -2.29. The van der Waals surface area contributed by atoms with Crippen molar-refractivity contribution in [3.8, 4) is 0 Å². The van der Waals surface area contributed by atoms with Crippen LogP contribution in [0.4, 0.5) is 5.69 Å². The molecule has 1 aliphatic heterocycles. The second kappa shape index (κ2) is 5.92. The van der Waals surface area contributed by atoms with Crippen LogP contribution in [0, 0.1) is 0 Å². The van der Waals surface area contributed by atoms with E-state index >= 15 is 0 Å². The molecule has 0 bridgehead atoms. The Balaban J connectivity index is 1.84. The molecule has 7 heteroatoms. The van der Waals surface area contributed by atoms with Crippen LogP contribution in [0.3, 0.4) is 0 Å². The summed E-state index contributed by atoms with van der Waals surface area (Å²) in [5.74, 6) is 0. The van der Waals surface area contributed by atoms with Crippen LogP contribution in [-0.4, -0.2) is 44.8 Å². The zero-order valence-corrected chi connectivity index (χ0v) is 13.9. The Morgan fingerprint density at radius 3 is 2.46 bits per heavy atom. The molecule has 2 aromatic carbocycles. The number of anilines is 1. The molecule has 0 radical (unpaired) electrons. The smallest absolute Gasteiger partial charge is 0.226 e. The van der Waals surface area contributed by atoms with Gasteiger partial charge in [0.05, 0.1) is 16.1 Å². The molecule has 1 aliphatic rings. The van der Waals surface area contributed by atoms with E-state index in [9.17, 15) is 8.42 Å². The van der Waals surface area contributed by atoms with E-state index in [1.807, 2.05) is 12.1 Å². The highest BCUT2D eigenvalue weighted by Crippen LogP contribution is 2.31. The summed E-state index contributed by atoms with van der Waals surface area (Å²) in [5.41, 5.74) is 1.77. The molecule has 0 amide bonds. The fraction of sp³-hybridized carbons (Fsp3) is 0.235. The minimum atomic E-state index is -3.64. The number of para-hydroxylation sites is 1. The second-order valence-corrected chi connectivity index (χ2v) is 7.65. The van der Waals surface area contributed by atoms with Crippen LogP contribution in [0.25, 0.3) is 10.9 Å². The summed E-state index contributed by atoms with van der Waals surface area (Å²) in [5, 5.41) is 11.1. The zero-order valence-electron chi connectivity index (χ0n) is 13.1. The molecule has 0 spiro atoms. The third-order valence-corrected chi connectivity index (χ3v) is 6.02. The number of sulfone groups is 1. The first-order chi connectivity index (χ1) is 11.7. The van der Waals surface area contributed by atoms with Gasteiger partial charge in [-0.25, -0.2) is 8.42 Å². The van der Waals surface area contributed by atoms with Crippen LogP contribution in [0.5, 0.6) is 0 Å². The number of benzene rings is 2. The van der Waals surface area contributed by atoms with Crippen LogP contribution >= 0.6 is 0 Å². The van der Waals surface area contributed by atoms with Crippen molar-refractivity contribution in [1.29, 1.82) is 0 Å². The number of H-pyrrole nitrogens is 1. The maximum atomic E-state index is 12.9. The van der Waals surface area contributed by atoms with Gasteiger partial charge in [0, 0.05) is 31.6 Å². The van der Waals surface area contributed by atoms with E-state index in [0.29, 0.717) is 5.39 Å². The average molecular weight is 342 g/mol. The summed E-state index contributed by atoms with van der Waals surface area (Å²) in [7, 11) is -3.64. The molecule has 0 aliphatic carbocycles. The van der Waals surface area contributed by atoms with Crippen LogP contribution in [0.2, 0.25) is 0 Å². The van der Waals surface area contributed by atoms with Crippen molar-refractivity contribution in [3.63, 3.8) is 0 Å². The Labute approximate surface area is 140 Å². The number of rotatable bonds is 3. The Morgan fingerprint density at radius 1 is 0.958 bits per heavy atom. The van der Waals surface area contributed by atoms with Gasteiger partial charge in [0.25, 0.3) is 0 Å². The predicted octanol–water partition coefficient (Wildman–Crippen LogP) is 1.81. The molecule has 1 fully saturated rings. The Morgan fingerprint density at radius 2 is 1.71 bits per heavy atom. The van der Waals surface area contributed by atoms with E-state index in [0.717, 1.165) is 37.4 Å². The van der Waals surface area contributed by atoms with Crippen molar-refractivity contribution in [2.24, 2.45) is 0 Å². The molecule has 0 saturated carbocycles. The molecular formula is C17H18N4O2S. The number of piperazine rings is 1. The first-order valence-electron chi connectivity index (χ1n) is 7.91. The number of hydrogen-bond acceptors (Lipinski definition) is 5. The summed E-state index contributed by atoms with van der Waals surface area (Å²) in [4.78, 5) is 2.50. The molecule has 4 rings (SSSR count). The van der Waals surface area contributed by atoms with Crippen LogP contribution in [0.15, 0.2) is 58.5 Å². The highest BCUT2D eigenvalue weighted by Gasteiger charge is 2.25. The topological polar surface area (TPSA) is 78.1 Å². The van der Waals surface area contributed by atoms with Gasteiger partial charge in [-0.2, -0.15) is 5.10 Å². The minimum absolute atomic E-state index is 0.0840. The van der Waals surface area contributed by atoms with Crippen molar-refractivity contribution in [2.75, 3.05) is 31.1 Å². The van der Waals surface area contributed by atoms with E-state index in [2.05, 4.69) is 20.4 Å². The first-order valence-corrected chi connectivity index (χ1v) is 9.39. The van der Waals surface area contributed by atoms with E-state index in [1.165, 1.54) is 0 Å². The van der Waals surface area contributed by atoms with Crippen molar-refractivity contribution in [1.82, 2.24) is 15.5 Å². The Hall–Kier alpha value is -2.38. The molecule has 1 saturated heterocycles. The number of nitrogens with one attached hydrogen (secondary N) is 2. The third-order valence-electron chi connectivity index (χ3n) is 4.31. The van der Waals surface area contributed by atoms with Gasteiger partial charge in [-0.3, -0.25) is 5.10 Å². The molecule has 2 heterocycles. The van der Waals surface area contributed by atoms with E-state index in [-0.39, 0.29) is 9.92 Å². The van der Waals surface area contributed by atoms with E-state index in [1.54, 1.807) is 36.4 Å². The van der Waals surface area contributed by atoms with Crippen molar-refractivity contribution >= 4 is 26.4 Å². The van der Waals surface area contributed by atoms with E-state index < -0.39 is 9.84 Å². The molecule has 124 valence electrons. The predicted molar refractivity (Wildman–Crippen MR) is 93.1 cm³/mol. The lowest BCUT2D eigenvalue weighted by Crippen LogP contribution is -2.43. The number of hydrogen-bond donors (Lipinski definition) is 2. The lowest BCUT2D eigenvalue weighted by molar-refractivity contribution is 0.590. The van der Waals surface area contributed by atoms with Crippen LogP contribution < -0.4 is 10.2 Å². The Kier molecular flexibility index (Phi) is 3.74. The summed E-state index contributed by atoms with van der Waals surface area (Å²) in [6.45, 7) is 3.61. The molecule has 2 N–H and O–H groups in total. The number of nitrogens with zero attached hydrogens (tertiary/aromatic N) is 2. The van der Waals surface area contributed by atoms with Gasteiger partial charge in [-0.15, -0.1) is 0 Å². The molecular weight excluding hydrogens is 324 g/mol. The lowest BCUT2D eigenvalue weighted by atomic mass is 10.2. The summed E-state index contributed by atoms with van der Waals surface area (Å²) >= 11 is 0. The summed E-state index contributed by atoms with van der Waals surface area (Å²) in [6, 6.07) is 14.1. The summed E-state index contributed by atoms with van der Waals surface area (Å²) < 4.78 is 25.8. The largest absolute Gasteiger partial charge is 0.367 e.